The van der Waals surface area contributed by atoms with Crippen LogP contribution in [0.25, 0.3) is 0 Å². The second-order valence-corrected chi connectivity index (χ2v) is 2.97. The maximum atomic E-state index is 9.02. The van der Waals surface area contributed by atoms with Crippen molar-refractivity contribution in [1.29, 1.82) is 0 Å². The van der Waals surface area contributed by atoms with Crippen molar-refractivity contribution in [2.75, 3.05) is 6.61 Å². The quantitative estimate of drug-likeness (QED) is 0.725. The molecule has 0 radical (unpaired) electrons. The van der Waals surface area contributed by atoms with Gasteiger partial charge < -0.3 is 15.6 Å². The van der Waals surface area contributed by atoms with Gasteiger partial charge in [-0.15, -0.1) is 0 Å². The van der Waals surface area contributed by atoms with E-state index in [-0.39, 0.29) is 0 Å². The summed E-state index contributed by atoms with van der Waals surface area (Å²) >= 11 is 0. The zero-order chi connectivity index (χ0) is 9.68. The molecule has 0 bridgehead atoms. The highest BCUT2D eigenvalue weighted by atomic mass is 16.5. The third-order valence-corrected chi connectivity index (χ3v) is 1.67. The molecule has 0 spiro atoms. The highest BCUT2D eigenvalue weighted by Gasteiger charge is 2.02. The predicted octanol–water partition coefficient (Wildman–Crippen LogP) is 0.905. The maximum absolute atomic E-state index is 9.02. The fourth-order valence-electron chi connectivity index (χ4n) is 1.02. The van der Waals surface area contributed by atoms with Crippen LogP contribution in [0, 0.1) is 0 Å². The topological polar surface area (TPSA) is 55.5 Å². The number of ether oxygens (including phenoxy) is 1. The van der Waals surface area contributed by atoms with Crippen LogP contribution in [0.2, 0.25) is 0 Å². The first-order chi connectivity index (χ1) is 6.24. The molecule has 3 N–H and O–H groups in total. The van der Waals surface area contributed by atoms with E-state index in [1.807, 2.05) is 24.3 Å². The van der Waals surface area contributed by atoms with Crippen LogP contribution in [0.5, 0.6) is 5.75 Å². The van der Waals surface area contributed by atoms with Crippen molar-refractivity contribution in [3.05, 3.63) is 29.8 Å². The molecule has 0 saturated heterocycles. The second-order valence-electron chi connectivity index (χ2n) is 2.97. The number of rotatable bonds is 4. The van der Waals surface area contributed by atoms with Gasteiger partial charge in [0, 0.05) is 12.1 Å². The normalized spacial score (nSPS) is 12.5. The maximum Gasteiger partial charge on any atom is 0.123 e. The number of benzene rings is 1. The van der Waals surface area contributed by atoms with Crippen LogP contribution < -0.4 is 10.5 Å². The number of aliphatic hydroxyl groups is 1. The molecule has 0 aliphatic heterocycles. The van der Waals surface area contributed by atoms with Gasteiger partial charge >= 0.3 is 0 Å². The van der Waals surface area contributed by atoms with E-state index < -0.39 is 6.10 Å². The van der Waals surface area contributed by atoms with Gasteiger partial charge in [-0.25, -0.2) is 0 Å². The number of nitrogens with two attached hydrogens (primary N) is 1. The molecule has 1 atom stereocenters. The third kappa shape index (κ3) is 3.05. The standard InChI is InChI=1S/C10H15NO2/c1-8(12)7-13-10-5-3-2-4-9(10)6-11/h2-5,8,12H,6-7,11H2,1H3/t8-/m1/s1. The van der Waals surface area contributed by atoms with Gasteiger partial charge in [-0.2, -0.15) is 0 Å². The summed E-state index contributed by atoms with van der Waals surface area (Å²) in [6.45, 7) is 2.44. The van der Waals surface area contributed by atoms with Crippen LogP contribution in [0.15, 0.2) is 24.3 Å². The highest BCUT2D eigenvalue weighted by molar-refractivity contribution is 5.32. The number of para-hydroxylation sites is 1. The fourth-order valence-corrected chi connectivity index (χ4v) is 1.02. The summed E-state index contributed by atoms with van der Waals surface area (Å²) in [5.41, 5.74) is 6.48. The third-order valence-electron chi connectivity index (χ3n) is 1.67. The predicted molar refractivity (Wildman–Crippen MR) is 51.5 cm³/mol. The van der Waals surface area contributed by atoms with Crippen molar-refractivity contribution >= 4 is 0 Å². The van der Waals surface area contributed by atoms with Crippen molar-refractivity contribution < 1.29 is 9.84 Å². The van der Waals surface area contributed by atoms with Gasteiger partial charge in [-0.1, -0.05) is 18.2 Å². The SMILES string of the molecule is C[C@@H](O)COc1ccccc1CN. The van der Waals surface area contributed by atoms with E-state index in [1.54, 1.807) is 6.92 Å². The van der Waals surface area contributed by atoms with Crippen LogP contribution in [-0.4, -0.2) is 17.8 Å². The van der Waals surface area contributed by atoms with Gasteiger partial charge in [0.2, 0.25) is 0 Å². The van der Waals surface area contributed by atoms with Gasteiger partial charge in [-0.05, 0) is 13.0 Å². The molecule has 0 aliphatic rings. The van der Waals surface area contributed by atoms with Gasteiger partial charge in [0.05, 0.1) is 6.10 Å². The molecular formula is C10H15NO2. The Morgan fingerprint density at radius 3 is 2.77 bits per heavy atom. The lowest BCUT2D eigenvalue weighted by molar-refractivity contribution is 0.122. The van der Waals surface area contributed by atoms with Crippen LogP contribution in [0.4, 0.5) is 0 Å². The van der Waals surface area contributed by atoms with Crippen molar-refractivity contribution in [1.82, 2.24) is 0 Å². The minimum Gasteiger partial charge on any atom is -0.491 e. The lowest BCUT2D eigenvalue weighted by Gasteiger charge is -2.11. The van der Waals surface area contributed by atoms with Gasteiger partial charge in [-0.3, -0.25) is 0 Å². The molecule has 13 heavy (non-hydrogen) atoms. The lowest BCUT2D eigenvalue weighted by Crippen LogP contribution is -2.14. The Kier molecular flexibility index (Phi) is 3.73. The summed E-state index contributed by atoms with van der Waals surface area (Å²) in [6.07, 6.45) is -0.453. The lowest BCUT2D eigenvalue weighted by atomic mass is 10.2. The van der Waals surface area contributed by atoms with Gasteiger partial charge in [0.1, 0.15) is 12.4 Å². The smallest absolute Gasteiger partial charge is 0.123 e. The van der Waals surface area contributed by atoms with Crippen LogP contribution >= 0.6 is 0 Å². The zero-order valence-electron chi connectivity index (χ0n) is 7.73. The van der Waals surface area contributed by atoms with Crippen LogP contribution in [0.1, 0.15) is 12.5 Å². The Morgan fingerprint density at radius 2 is 2.15 bits per heavy atom. The molecule has 0 amide bonds. The van der Waals surface area contributed by atoms with Crippen molar-refractivity contribution in [2.24, 2.45) is 5.73 Å². The molecular weight excluding hydrogens is 166 g/mol. The average molecular weight is 181 g/mol. The zero-order valence-corrected chi connectivity index (χ0v) is 7.73. The Hall–Kier alpha value is -1.06. The van der Waals surface area contributed by atoms with E-state index >= 15 is 0 Å². The molecule has 0 unspecified atom stereocenters. The summed E-state index contributed by atoms with van der Waals surface area (Å²) in [6, 6.07) is 7.57. The van der Waals surface area contributed by atoms with Crippen LogP contribution in [-0.2, 0) is 6.54 Å². The summed E-state index contributed by atoms with van der Waals surface area (Å²) < 4.78 is 5.36. The van der Waals surface area contributed by atoms with E-state index in [4.69, 9.17) is 15.6 Å². The molecule has 1 aromatic rings. The molecule has 1 rings (SSSR count). The molecule has 0 heterocycles. The summed E-state index contributed by atoms with van der Waals surface area (Å²) in [7, 11) is 0. The number of hydrogen-bond acceptors (Lipinski definition) is 3. The first kappa shape index (κ1) is 10.0. The Morgan fingerprint density at radius 1 is 1.46 bits per heavy atom. The average Bonchev–Trinajstić information content (AvgIpc) is 2.15. The molecule has 3 heteroatoms. The van der Waals surface area contributed by atoms with Crippen molar-refractivity contribution in [3.63, 3.8) is 0 Å². The first-order valence-corrected chi connectivity index (χ1v) is 4.33. The highest BCUT2D eigenvalue weighted by Crippen LogP contribution is 2.16. The fraction of sp³-hybridized carbons (Fsp3) is 0.400. The number of aliphatic hydroxyl groups excluding tert-OH is 1. The Balaban J connectivity index is 2.64. The van der Waals surface area contributed by atoms with Crippen LogP contribution in [0.3, 0.4) is 0 Å². The molecule has 0 aliphatic carbocycles. The molecule has 72 valence electrons. The summed E-state index contributed by atoms with van der Waals surface area (Å²) in [4.78, 5) is 0. The minimum absolute atomic E-state index is 0.303. The van der Waals surface area contributed by atoms with E-state index in [1.165, 1.54) is 0 Å². The van der Waals surface area contributed by atoms with E-state index in [0.29, 0.717) is 13.2 Å². The minimum atomic E-state index is -0.453. The Labute approximate surface area is 78.1 Å². The summed E-state index contributed by atoms with van der Waals surface area (Å²) in [5.74, 6) is 0.755. The molecule has 1 aromatic carbocycles. The number of hydrogen-bond donors (Lipinski definition) is 2. The van der Waals surface area contributed by atoms with E-state index in [2.05, 4.69) is 0 Å². The Bertz CT molecular complexity index is 261. The largest absolute Gasteiger partial charge is 0.491 e. The first-order valence-electron chi connectivity index (χ1n) is 4.33. The molecule has 0 saturated carbocycles. The monoisotopic (exact) mass is 181 g/mol. The van der Waals surface area contributed by atoms with E-state index in [0.717, 1.165) is 11.3 Å². The molecule has 0 fully saturated rings. The van der Waals surface area contributed by atoms with Crippen molar-refractivity contribution in [3.8, 4) is 5.75 Å². The second kappa shape index (κ2) is 4.84. The molecule has 0 aromatic heterocycles. The van der Waals surface area contributed by atoms with E-state index in [9.17, 15) is 0 Å². The van der Waals surface area contributed by atoms with Gasteiger partial charge in [0.25, 0.3) is 0 Å². The van der Waals surface area contributed by atoms with Crippen molar-refractivity contribution in [2.45, 2.75) is 19.6 Å². The molecule has 3 nitrogen and oxygen atoms in total. The van der Waals surface area contributed by atoms with Gasteiger partial charge in [0.15, 0.2) is 0 Å². The summed E-state index contributed by atoms with van der Waals surface area (Å²) in [5, 5.41) is 9.02.